The summed E-state index contributed by atoms with van der Waals surface area (Å²) in [4.78, 5) is 11.5. The van der Waals surface area contributed by atoms with Gasteiger partial charge in [-0.2, -0.15) is 0 Å². The van der Waals surface area contributed by atoms with E-state index in [4.69, 9.17) is 0 Å². The molecule has 0 aliphatic heterocycles. The Kier molecular flexibility index (Phi) is 7.25. The summed E-state index contributed by atoms with van der Waals surface area (Å²) in [6.45, 7) is 5.85. The minimum atomic E-state index is 0.189. The first-order valence-corrected chi connectivity index (χ1v) is 7.18. The van der Waals surface area contributed by atoms with Gasteiger partial charge in [0.15, 0.2) is 0 Å². The largest absolute Gasteiger partial charge is 0.356 e. The van der Waals surface area contributed by atoms with E-state index in [1.54, 1.807) is 0 Å². The lowest BCUT2D eigenvalue weighted by Gasteiger charge is -2.21. The van der Waals surface area contributed by atoms with Crippen LogP contribution in [0.5, 0.6) is 0 Å². The van der Waals surface area contributed by atoms with Gasteiger partial charge in [-0.15, -0.1) is 0 Å². The Labute approximate surface area is 106 Å². The average Bonchev–Trinajstić information content (AvgIpc) is 2.30. The van der Waals surface area contributed by atoms with Crippen LogP contribution in [0, 0.1) is 5.92 Å². The molecule has 0 radical (unpaired) electrons. The van der Waals surface area contributed by atoms with Crippen LogP contribution < -0.4 is 10.6 Å². The fourth-order valence-corrected chi connectivity index (χ4v) is 2.45. The van der Waals surface area contributed by atoms with Gasteiger partial charge in [0.2, 0.25) is 5.91 Å². The fourth-order valence-electron chi connectivity index (χ4n) is 2.45. The Hall–Kier alpha value is -0.570. The van der Waals surface area contributed by atoms with Crippen molar-refractivity contribution in [2.75, 3.05) is 13.1 Å². The number of amides is 1. The van der Waals surface area contributed by atoms with Crippen LogP contribution in [0.3, 0.4) is 0 Å². The lowest BCUT2D eigenvalue weighted by molar-refractivity contribution is -0.121. The molecule has 2 N–H and O–H groups in total. The summed E-state index contributed by atoms with van der Waals surface area (Å²) >= 11 is 0. The molecule has 0 spiro atoms. The van der Waals surface area contributed by atoms with E-state index in [1.807, 2.05) is 0 Å². The first-order chi connectivity index (χ1) is 8.18. The Bertz CT molecular complexity index is 210. The second-order valence-electron chi connectivity index (χ2n) is 5.50. The number of carbonyl (C=O) groups excluding carboxylic acids is 1. The van der Waals surface area contributed by atoms with E-state index < -0.39 is 0 Å². The summed E-state index contributed by atoms with van der Waals surface area (Å²) < 4.78 is 0. The van der Waals surface area contributed by atoms with Crippen LogP contribution >= 0.6 is 0 Å². The Morgan fingerprint density at radius 3 is 2.53 bits per heavy atom. The number of carbonyl (C=O) groups is 1. The third kappa shape index (κ3) is 7.37. The summed E-state index contributed by atoms with van der Waals surface area (Å²) in [5.41, 5.74) is 0. The Balaban J connectivity index is 1.95. The van der Waals surface area contributed by atoms with Gasteiger partial charge in [0, 0.05) is 25.6 Å². The van der Waals surface area contributed by atoms with E-state index >= 15 is 0 Å². The van der Waals surface area contributed by atoms with Gasteiger partial charge in [-0.25, -0.2) is 0 Å². The molecule has 0 aromatic heterocycles. The normalized spacial score (nSPS) is 17.4. The third-order valence-corrected chi connectivity index (χ3v) is 3.50. The van der Waals surface area contributed by atoms with Gasteiger partial charge in [0.1, 0.15) is 0 Å². The number of nitrogens with one attached hydrogen (secondary N) is 2. The van der Waals surface area contributed by atoms with Crippen molar-refractivity contribution in [3.63, 3.8) is 0 Å². The van der Waals surface area contributed by atoms with Crippen LogP contribution in [0.15, 0.2) is 0 Å². The summed E-state index contributed by atoms with van der Waals surface area (Å²) in [5, 5.41) is 6.28. The third-order valence-electron chi connectivity index (χ3n) is 3.50. The van der Waals surface area contributed by atoms with Crippen molar-refractivity contribution in [2.45, 2.75) is 64.8 Å². The standard InChI is InChI=1S/C14H28N2O/c1-12(2)15-11-9-14(17)16-10-8-13-6-4-3-5-7-13/h12-13,15H,3-11H2,1-2H3,(H,16,17). The van der Waals surface area contributed by atoms with E-state index in [0.717, 1.165) is 19.0 Å². The highest BCUT2D eigenvalue weighted by molar-refractivity contribution is 5.75. The van der Waals surface area contributed by atoms with Gasteiger partial charge in [0.25, 0.3) is 0 Å². The first kappa shape index (κ1) is 14.5. The number of rotatable bonds is 7. The van der Waals surface area contributed by atoms with Crippen molar-refractivity contribution in [1.82, 2.24) is 10.6 Å². The minimum Gasteiger partial charge on any atom is -0.356 e. The molecule has 1 fully saturated rings. The highest BCUT2D eigenvalue weighted by Gasteiger charge is 2.13. The van der Waals surface area contributed by atoms with E-state index in [9.17, 15) is 4.79 Å². The molecule has 0 unspecified atom stereocenters. The van der Waals surface area contributed by atoms with E-state index in [1.165, 1.54) is 38.5 Å². The fraction of sp³-hybridized carbons (Fsp3) is 0.929. The van der Waals surface area contributed by atoms with Crippen molar-refractivity contribution in [3.8, 4) is 0 Å². The average molecular weight is 240 g/mol. The molecule has 3 heteroatoms. The maximum Gasteiger partial charge on any atom is 0.221 e. The lowest BCUT2D eigenvalue weighted by atomic mass is 9.87. The zero-order valence-electron chi connectivity index (χ0n) is 11.4. The molecule has 1 rings (SSSR count). The van der Waals surface area contributed by atoms with Crippen LogP contribution in [0.2, 0.25) is 0 Å². The van der Waals surface area contributed by atoms with Crippen LogP contribution in [0.4, 0.5) is 0 Å². The highest BCUT2D eigenvalue weighted by atomic mass is 16.1. The van der Waals surface area contributed by atoms with Gasteiger partial charge in [-0.3, -0.25) is 4.79 Å². The first-order valence-electron chi connectivity index (χ1n) is 7.18. The topological polar surface area (TPSA) is 41.1 Å². The molecule has 0 aromatic carbocycles. The Morgan fingerprint density at radius 2 is 1.88 bits per heavy atom. The van der Waals surface area contributed by atoms with E-state index in [-0.39, 0.29) is 5.91 Å². The molecule has 0 bridgehead atoms. The molecule has 0 saturated heterocycles. The molecule has 100 valence electrons. The SMILES string of the molecule is CC(C)NCCC(=O)NCCC1CCCCC1. The van der Waals surface area contributed by atoms with E-state index in [0.29, 0.717) is 12.5 Å². The summed E-state index contributed by atoms with van der Waals surface area (Å²) in [6, 6.07) is 0.463. The Morgan fingerprint density at radius 1 is 1.18 bits per heavy atom. The molecular formula is C14H28N2O. The molecule has 3 nitrogen and oxygen atoms in total. The smallest absolute Gasteiger partial charge is 0.221 e. The number of hydrogen-bond acceptors (Lipinski definition) is 2. The van der Waals surface area contributed by atoms with Crippen molar-refractivity contribution < 1.29 is 4.79 Å². The van der Waals surface area contributed by atoms with Crippen LogP contribution in [0.25, 0.3) is 0 Å². The number of hydrogen-bond donors (Lipinski definition) is 2. The van der Waals surface area contributed by atoms with Crippen LogP contribution in [0.1, 0.15) is 58.8 Å². The minimum absolute atomic E-state index is 0.189. The maximum absolute atomic E-state index is 11.5. The van der Waals surface area contributed by atoms with Gasteiger partial charge >= 0.3 is 0 Å². The predicted molar refractivity (Wildman–Crippen MR) is 72.0 cm³/mol. The van der Waals surface area contributed by atoms with E-state index in [2.05, 4.69) is 24.5 Å². The van der Waals surface area contributed by atoms with Crippen molar-refractivity contribution >= 4 is 5.91 Å². The lowest BCUT2D eigenvalue weighted by Crippen LogP contribution is -2.31. The molecule has 1 aliphatic carbocycles. The second kappa shape index (κ2) is 8.51. The van der Waals surface area contributed by atoms with Crippen LogP contribution in [-0.4, -0.2) is 25.0 Å². The monoisotopic (exact) mass is 240 g/mol. The summed E-state index contributed by atoms with van der Waals surface area (Å²) in [5.74, 6) is 1.05. The summed E-state index contributed by atoms with van der Waals surface area (Å²) in [7, 11) is 0. The summed E-state index contributed by atoms with van der Waals surface area (Å²) in [6.07, 6.45) is 8.68. The zero-order chi connectivity index (χ0) is 12.5. The molecule has 1 amide bonds. The highest BCUT2D eigenvalue weighted by Crippen LogP contribution is 2.25. The molecule has 0 aromatic rings. The molecular weight excluding hydrogens is 212 g/mol. The van der Waals surface area contributed by atoms with Gasteiger partial charge < -0.3 is 10.6 Å². The van der Waals surface area contributed by atoms with Crippen molar-refractivity contribution in [2.24, 2.45) is 5.92 Å². The van der Waals surface area contributed by atoms with Gasteiger partial charge in [-0.05, 0) is 12.3 Å². The second-order valence-corrected chi connectivity index (χ2v) is 5.50. The molecule has 1 saturated carbocycles. The van der Waals surface area contributed by atoms with Crippen molar-refractivity contribution in [1.29, 1.82) is 0 Å². The van der Waals surface area contributed by atoms with Crippen LogP contribution in [-0.2, 0) is 4.79 Å². The molecule has 1 aliphatic rings. The van der Waals surface area contributed by atoms with Gasteiger partial charge in [-0.1, -0.05) is 46.0 Å². The van der Waals surface area contributed by atoms with Crippen molar-refractivity contribution in [3.05, 3.63) is 0 Å². The zero-order valence-corrected chi connectivity index (χ0v) is 11.4. The van der Waals surface area contributed by atoms with Gasteiger partial charge in [0.05, 0.1) is 0 Å². The quantitative estimate of drug-likeness (QED) is 0.718. The molecule has 0 heterocycles. The molecule has 17 heavy (non-hydrogen) atoms. The maximum atomic E-state index is 11.5. The molecule has 0 atom stereocenters. The predicted octanol–water partition coefficient (Wildman–Crippen LogP) is 2.46.